The van der Waals surface area contributed by atoms with Crippen molar-refractivity contribution >= 4 is 12.2 Å². The molecule has 0 aliphatic heterocycles. The average Bonchev–Trinajstić information content (AvgIpc) is 2.61. The number of nitrogens with zero attached hydrogens (tertiary/aromatic N) is 2. The third-order valence-electron chi connectivity index (χ3n) is 4.96. The van der Waals surface area contributed by atoms with Gasteiger partial charge in [0.15, 0.2) is 0 Å². The van der Waals surface area contributed by atoms with E-state index in [9.17, 15) is 9.59 Å². The molecule has 176 valence electrons. The van der Waals surface area contributed by atoms with Gasteiger partial charge in [0.05, 0.1) is 0 Å². The molecule has 0 aromatic carbocycles. The summed E-state index contributed by atoms with van der Waals surface area (Å²) in [5.74, 6) is 0. The summed E-state index contributed by atoms with van der Waals surface area (Å²) in [5, 5.41) is 9.06. The summed E-state index contributed by atoms with van der Waals surface area (Å²) in [4.78, 5) is 29.0. The fourth-order valence-electron chi connectivity index (χ4n) is 3.60. The largest absolute Gasteiger partial charge is 0.444 e. The number of amides is 2. The second-order valence-corrected chi connectivity index (χ2v) is 10.2. The van der Waals surface area contributed by atoms with E-state index in [0.29, 0.717) is 38.9 Å². The molecule has 0 spiro atoms. The second-order valence-electron chi connectivity index (χ2n) is 10.2. The molecule has 0 saturated heterocycles. The predicted molar refractivity (Wildman–Crippen MR) is 119 cm³/mol. The van der Waals surface area contributed by atoms with E-state index in [4.69, 9.17) is 14.6 Å². The lowest BCUT2D eigenvalue weighted by Crippen LogP contribution is -2.46. The average molecular weight is 429 g/mol. The number of carbonyl (C=O) groups is 2. The van der Waals surface area contributed by atoms with E-state index in [1.807, 2.05) is 46.4 Å². The van der Waals surface area contributed by atoms with Crippen LogP contribution in [0.2, 0.25) is 0 Å². The minimum Gasteiger partial charge on any atom is -0.444 e. The van der Waals surface area contributed by atoms with Gasteiger partial charge in [0.2, 0.25) is 0 Å². The summed E-state index contributed by atoms with van der Waals surface area (Å²) >= 11 is 0. The molecule has 1 N–H and O–H groups in total. The number of aliphatic hydroxyl groups excluding tert-OH is 1. The molecule has 0 aromatic heterocycles. The standard InChI is InChI=1S/C23H44N2O5/c1-22(2,3)29-20(27)24(15-10-11-18-26)16-12-17-25(19-13-8-7-9-14-19)21(28)30-23(4,5)6/h19,26H,7-18H2,1-6H3. The van der Waals surface area contributed by atoms with Crippen molar-refractivity contribution < 1.29 is 24.2 Å². The Morgan fingerprint density at radius 1 is 0.800 bits per heavy atom. The fourth-order valence-corrected chi connectivity index (χ4v) is 3.60. The van der Waals surface area contributed by atoms with Crippen LogP contribution in [-0.2, 0) is 9.47 Å². The van der Waals surface area contributed by atoms with Gasteiger partial charge >= 0.3 is 12.2 Å². The first-order valence-electron chi connectivity index (χ1n) is 11.5. The fraction of sp³-hybridized carbons (Fsp3) is 0.913. The van der Waals surface area contributed by atoms with E-state index < -0.39 is 11.2 Å². The molecular weight excluding hydrogens is 384 g/mol. The van der Waals surface area contributed by atoms with Crippen LogP contribution in [0.4, 0.5) is 9.59 Å². The van der Waals surface area contributed by atoms with Gasteiger partial charge in [-0.15, -0.1) is 0 Å². The van der Waals surface area contributed by atoms with E-state index >= 15 is 0 Å². The lowest BCUT2D eigenvalue weighted by Gasteiger charge is -2.36. The highest BCUT2D eigenvalue weighted by Crippen LogP contribution is 2.24. The van der Waals surface area contributed by atoms with Crippen LogP contribution in [0.1, 0.15) is 92.9 Å². The van der Waals surface area contributed by atoms with Gasteiger partial charge in [0, 0.05) is 32.3 Å². The number of hydrogen-bond donors (Lipinski definition) is 1. The maximum atomic E-state index is 12.8. The van der Waals surface area contributed by atoms with E-state index in [2.05, 4.69) is 0 Å². The lowest BCUT2D eigenvalue weighted by atomic mass is 9.94. The van der Waals surface area contributed by atoms with Gasteiger partial charge in [-0.25, -0.2) is 9.59 Å². The molecule has 0 bridgehead atoms. The molecule has 1 saturated carbocycles. The Balaban J connectivity index is 2.74. The highest BCUT2D eigenvalue weighted by atomic mass is 16.6. The summed E-state index contributed by atoms with van der Waals surface area (Å²) in [5.41, 5.74) is -1.09. The van der Waals surface area contributed by atoms with Crippen LogP contribution in [-0.4, -0.2) is 70.6 Å². The first-order valence-corrected chi connectivity index (χ1v) is 11.5. The first kappa shape index (κ1) is 26.5. The molecule has 0 unspecified atom stereocenters. The van der Waals surface area contributed by atoms with Crippen LogP contribution >= 0.6 is 0 Å². The second kappa shape index (κ2) is 12.4. The molecule has 7 nitrogen and oxygen atoms in total. The van der Waals surface area contributed by atoms with Crippen LogP contribution in [0, 0.1) is 0 Å². The quantitative estimate of drug-likeness (QED) is 0.525. The van der Waals surface area contributed by atoms with Crippen molar-refractivity contribution in [3.8, 4) is 0 Å². The van der Waals surface area contributed by atoms with Gasteiger partial charge in [-0.3, -0.25) is 0 Å². The summed E-state index contributed by atoms with van der Waals surface area (Å²) in [6, 6.07) is 0.206. The summed E-state index contributed by atoms with van der Waals surface area (Å²) in [6.07, 6.45) is 6.91. The van der Waals surface area contributed by atoms with E-state index in [0.717, 1.165) is 25.7 Å². The maximum Gasteiger partial charge on any atom is 0.410 e. The smallest absolute Gasteiger partial charge is 0.410 e. The third-order valence-corrected chi connectivity index (χ3v) is 4.96. The van der Waals surface area contributed by atoms with E-state index in [-0.39, 0.29) is 24.8 Å². The number of unbranched alkanes of at least 4 members (excludes halogenated alkanes) is 1. The van der Waals surface area contributed by atoms with Crippen molar-refractivity contribution in [1.29, 1.82) is 0 Å². The number of aliphatic hydroxyl groups is 1. The molecule has 1 aliphatic carbocycles. The molecule has 0 heterocycles. The minimum atomic E-state index is -0.559. The lowest BCUT2D eigenvalue weighted by molar-refractivity contribution is 0.00992. The Morgan fingerprint density at radius 2 is 1.33 bits per heavy atom. The van der Waals surface area contributed by atoms with Gasteiger partial charge < -0.3 is 24.4 Å². The molecule has 30 heavy (non-hydrogen) atoms. The number of carbonyl (C=O) groups excluding carboxylic acids is 2. The zero-order valence-corrected chi connectivity index (χ0v) is 20.0. The van der Waals surface area contributed by atoms with Crippen LogP contribution in [0.25, 0.3) is 0 Å². The van der Waals surface area contributed by atoms with Gasteiger partial charge in [-0.2, -0.15) is 0 Å². The zero-order valence-electron chi connectivity index (χ0n) is 20.0. The van der Waals surface area contributed by atoms with Crippen LogP contribution in [0.5, 0.6) is 0 Å². The van der Waals surface area contributed by atoms with E-state index in [1.165, 1.54) is 6.42 Å². The summed E-state index contributed by atoms with van der Waals surface area (Å²) < 4.78 is 11.2. The van der Waals surface area contributed by atoms with E-state index in [1.54, 1.807) is 4.90 Å². The van der Waals surface area contributed by atoms with Crippen molar-refractivity contribution in [2.75, 3.05) is 26.2 Å². The molecule has 7 heteroatoms. The zero-order chi connectivity index (χ0) is 22.8. The molecule has 0 atom stereocenters. The molecule has 1 rings (SSSR count). The van der Waals surface area contributed by atoms with Crippen LogP contribution in [0.15, 0.2) is 0 Å². The van der Waals surface area contributed by atoms with Gasteiger partial charge in [-0.05, 0) is 73.6 Å². The molecule has 1 aliphatic rings. The summed E-state index contributed by atoms with van der Waals surface area (Å²) in [6.45, 7) is 12.9. The highest BCUT2D eigenvalue weighted by molar-refractivity contribution is 5.69. The first-order chi connectivity index (χ1) is 13.9. The van der Waals surface area contributed by atoms with Crippen molar-refractivity contribution in [1.82, 2.24) is 9.80 Å². The van der Waals surface area contributed by atoms with Crippen molar-refractivity contribution in [3.05, 3.63) is 0 Å². The molecule has 0 aromatic rings. The number of ether oxygens (including phenoxy) is 2. The normalized spacial score (nSPS) is 15.6. The Hall–Kier alpha value is -1.50. The Kier molecular flexibility index (Phi) is 10.9. The number of rotatable bonds is 9. The van der Waals surface area contributed by atoms with Gasteiger partial charge in [0.1, 0.15) is 11.2 Å². The topological polar surface area (TPSA) is 79.3 Å². The predicted octanol–water partition coefficient (Wildman–Crippen LogP) is 4.96. The number of hydrogen-bond acceptors (Lipinski definition) is 5. The Labute approximate surface area is 183 Å². The van der Waals surface area contributed by atoms with Crippen LogP contribution < -0.4 is 0 Å². The molecule has 1 fully saturated rings. The van der Waals surface area contributed by atoms with Crippen LogP contribution in [0.3, 0.4) is 0 Å². The maximum absolute atomic E-state index is 12.8. The highest BCUT2D eigenvalue weighted by Gasteiger charge is 2.29. The monoisotopic (exact) mass is 428 g/mol. The minimum absolute atomic E-state index is 0.107. The molecular formula is C23H44N2O5. The van der Waals surface area contributed by atoms with Crippen molar-refractivity contribution in [3.63, 3.8) is 0 Å². The van der Waals surface area contributed by atoms with Gasteiger partial charge in [0.25, 0.3) is 0 Å². The molecule has 0 radical (unpaired) electrons. The Morgan fingerprint density at radius 3 is 1.87 bits per heavy atom. The van der Waals surface area contributed by atoms with Gasteiger partial charge in [-0.1, -0.05) is 19.3 Å². The summed E-state index contributed by atoms with van der Waals surface area (Å²) in [7, 11) is 0. The van der Waals surface area contributed by atoms with Crippen molar-refractivity contribution in [2.24, 2.45) is 0 Å². The SMILES string of the molecule is CC(C)(C)OC(=O)N(CCCCO)CCCN(C(=O)OC(C)(C)C)C1CCCCC1. The Bertz CT molecular complexity index is 519. The molecule has 2 amide bonds. The van der Waals surface area contributed by atoms with Crippen molar-refractivity contribution in [2.45, 2.75) is 110 Å². The third kappa shape index (κ3) is 11.0.